The molecule has 0 aliphatic carbocycles. The molecule has 1 aliphatic heterocycles. The van der Waals surface area contributed by atoms with Crippen molar-refractivity contribution in [3.63, 3.8) is 0 Å². The van der Waals surface area contributed by atoms with Crippen molar-refractivity contribution in [2.45, 2.75) is 31.7 Å². The molecule has 0 bridgehead atoms. The number of alkyl halides is 3. The normalized spacial score (nSPS) is 15.9. The van der Waals surface area contributed by atoms with Gasteiger partial charge in [0.15, 0.2) is 5.96 Å². The summed E-state index contributed by atoms with van der Waals surface area (Å²) in [5.41, 5.74) is 6.03. The summed E-state index contributed by atoms with van der Waals surface area (Å²) >= 11 is 6.37. The molecule has 1 saturated heterocycles. The number of aromatic nitrogens is 2. The van der Waals surface area contributed by atoms with Gasteiger partial charge in [-0.2, -0.15) is 18.2 Å². The number of nitrogens with two attached hydrogens (primary N) is 1. The fraction of sp³-hybridized carbons (Fsp3) is 0.286. The quantitative estimate of drug-likeness (QED) is 0.356. The summed E-state index contributed by atoms with van der Waals surface area (Å²) in [7, 11) is 0. The predicted molar refractivity (Wildman–Crippen MR) is 118 cm³/mol. The maximum Gasteiger partial charge on any atom is 0.416 e. The van der Waals surface area contributed by atoms with Crippen LogP contribution in [0.1, 0.15) is 35.9 Å². The Labute approximate surface area is 198 Å². The SMILES string of the molecule is Cl.N=C(N)N1CCC[C@H]1c1nc(-c2ccc(OCc3ccc(C(F)(F)F)cc3)cc2Cl)no1. The second-order valence-corrected chi connectivity index (χ2v) is 7.73. The summed E-state index contributed by atoms with van der Waals surface area (Å²) in [4.78, 5) is 6.12. The van der Waals surface area contributed by atoms with Crippen LogP contribution in [0.25, 0.3) is 11.4 Å². The zero-order chi connectivity index (χ0) is 22.9. The van der Waals surface area contributed by atoms with Crippen molar-refractivity contribution >= 4 is 30.0 Å². The maximum absolute atomic E-state index is 12.7. The number of nitrogens with one attached hydrogen (secondary N) is 1. The Kier molecular flexibility index (Phi) is 7.38. The van der Waals surface area contributed by atoms with Gasteiger partial charge in [-0.25, -0.2) is 0 Å². The van der Waals surface area contributed by atoms with E-state index in [1.54, 1.807) is 23.1 Å². The second-order valence-electron chi connectivity index (χ2n) is 7.32. The molecule has 1 fully saturated rings. The molecule has 0 radical (unpaired) electrons. The Morgan fingerprint density at radius 2 is 1.97 bits per heavy atom. The van der Waals surface area contributed by atoms with E-state index in [0.717, 1.165) is 25.0 Å². The minimum absolute atomic E-state index is 0. The number of likely N-dealkylation sites (tertiary alicyclic amines) is 1. The average Bonchev–Trinajstić information content (AvgIpc) is 3.41. The lowest BCUT2D eigenvalue weighted by molar-refractivity contribution is -0.137. The topological polar surface area (TPSA) is 101 Å². The van der Waals surface area contributed by atoms with Gasteiger partial charge in [-0.1, -0.05) is 28.9 Å². The Bertz CT molecular complexity index is 1120. The van der Waals surface area contributed by atoms with E-state index < -0.39 is 11.7 Å². The van der Waals surface area contributed by atoms with Gasteiger partial charge in [0.25, 0.3) is 0 Å². The van der Waals surface area contributed by atoms with E-state index in [-0.39, 0.29) is 31.0 Å². The number of guanidine groups is 1. The summed E-state index contributed by atoms with van der Waals surface area (Å²) in [6.45, 7) is 0.742. The molecule has 1 aliphatic rings. The number of benzene rings is 2. The van der Waals surface area contributed by atoms with Crippen molar-refractivity contribution in [2.24, 2.45) is 5.73 Å². The van der Waals surface area contributed by atoms with Crippen molar-refractivity contribution in [3.05, 3.63) is 64.5 Å². The molecule has 3 N–H and O–H groups in total. The lowest BCUT2D eigenvalue weighted by Crippen LogP contribution is -2.35. The molecule has 1 aromatic heterocycles. The fourth-order valence-electron chi connectivity index (χ4n) is 3.52. The molecular formula is C21H20Cl2F3N5O2. The summed E-state index contributed by atoms with van der Waals surface area (Å²) in [6.07, 6.45) is -2.75. The standard InChI is InChI=1S/C21H19ClF3N5O2.ClH/c22-16-10-14(31-11-12-3-5-13(6-4-12)21(23,24)25)7-8-15(16)18-28-19(32-29-18)17-2-1-9-30(17)20(26)27;/h3-8,10,17H,1-2,9,11H2,(H3,26,27);1H/t17-;/m0./s1. The Morgan fingerprint density at radius 1 is 1.24 bits per heavy atom. The molecule has 2 heterocycles. The molecule has 0 amide bonds. The molecular weight excluding hydrogens is 482 g/mol. The third-order valence-corrected chi connectivity index (χ3v) is 5.47. The number of ether oxygens (including phenoxy) is 1. The van der Waals surface area contributed by atoms with E-state index in [1.807, 2.05) is 0 Å². The van der Waals surface area contributed by atoms with Crippen LogP contribution in [0.15, 0.2) is 47.0 Å². The van der Waals surface area contributed by atoms with E-state index in [0.29, 0.717) is 40.2 Å². The monoisotopic (exact) mass is 501 g/mol. The summed E-state index contributed by atoms with van der Waals surface area (Å²) < 4.78 is 49.0. The molecule has 33 heavy (non-hydrogen) atoms. The summed E-state index contributed by atoms with van der Waals surface area (Å²) in [5, 5.41) is 12.0. The van der Waals surface area contributed by atoms with Gasteiger partial charge in [0.2, 0.25) is 11.7 Å². The van der Waals surface area contributed by atoms with Crippen LogP contribution in [0, 0.1) is 5.41 Å². The van der Waals surface area contributed by atoms with Gasteiger partial charge in [-0.05, 0) is 48.7 Å². The first-order valence-electron chi connectivity index (χ1n) is 9.75. The molecule has 0 spiro atoms. The van der Waals surface area contributed by atoms with Gasteiger partial charge < -0.3 is 19.9 Å². The van der Waals surface area contributed by atoms with Crippen LogP contribution in [-0.2, 0) is 12.8 Å². The zero-order valence-electron chi connectivity index (χ0n) is 17.1. The Morgan fingerprint density at radius 3 is 2.61 bits per heavy atom. The van der Waals surface area contributed by atoms with Crippen molar-refractivity contribution in [3.8, 4) is 17.1 Å². The van der Waals surface area contributed by atoms with Crippen LogP contribution >= 0.6 is 24.0 Å². The predicted octanol–water partition coefficient (Wildman–Crippen LogP) is 5.44. The van der Waals surface area contributed by atoms with Crippen molar-refractivity contribution in [2.75, 3.05) is 6.54 Å². The van der Waals surface area contributed by atoms with E-state index in [1.165, 1.54) is 12.1 Å². The molecule has 12 heteroatoms. The van der Waals surface area contributed by atoms with Crippen LogP contribution in [0.3, 0.4) is 0 Å². The maximum atomic E-state index is 12.7. The number of halogens is 5. The highest BCUT2D eigenvalue weighted by Crippen LogP contribution is 2.34. The minimum Gasteiger partial charge on any atom is -0.489 e. The molecule has 2 aromatic carbocycles. The highest BCUT2D eigenvalue weighted by atomic mass is 35.5. The van der Waals surface area contributed by atoms with E-state index in [9.17, 15) is 13.2 Å². The minimum atomic E-state index is -4.38. The van der Waals surface area contributed by atoms with Gasteiger partial charge >= 0.3 is 6.18 Å². The van der Waals surface area contributed by atoms with Gasteiger partial charge in [-0.3, -0.25) is 5.41 Å². The third-order valence-electron chi connectivity index (χ3n) is 5.16. The largest absolute Gasteiger partial charge is 0.489 e. The third kappa shape index (κ3) is 5.51. The molecule has 3 aromatic rings. The smallest absolute Gasteiger partial charge is 0.416 e. The van der Waals surface area contributed by atoms with E-state index >= 15 is 0 Å². The number of rotatable bonds is 5. The molecule has 4 rings (SSSR count). The number of hydrogen-bond acceptors (Lipinski definition) is 5. The first-order chi connectivity index (χ1) is 15.2. The second kappa shape index (κ2) is 9.88. The van der Waals surface area contributed by atoms with E-state index in [4.69, 9.17) is 32.0 Å². The lowest BCUT2D eigenvalue weighted by Gasteiger charge is -2.21. The van der Waals surface area contributed by atoms with Crippen LogP contribution < -0.4 is 10.5 Å². The first kappa shape index (κ1) is 24.7. The number of hydrogen-bond donors (Lipinski definition) is 2. The van der Waals surface area contributed by atoms with Crippen LogP contribution in [0.2, 0.25) is 5.02 Å². The molecule has 0 unspecified atom stereocenters. The Balaban J connectivity index is 0.00000306. The van der Waals surface area contributed by atoms with Gasteiger partial charge in [-0.15, -0.1) is 12.4 Å². The van der Waals surface area contributed by atoms with Crippen molar-refractivity contribution < 1.29 is 22.4 Å². The molecule has 176 valence electrons. The van der Waals surface area contributed by atoms with Gasteiger partial charge in [0, 0.05) is 12.1 Å². The van der Waals surface area contributed by atoms with Gasteiger partial charge in [0.1, 0.15) is 18.4 Å². The van der Waals surface area contributed by atoms with Crippen molar-refractivity contribution in [1.82, 2.24) is 15.0 Å². The molecule has 7 nitrogen and oxygen atoms in total. The average molecular weight is 502 g/mol. The highest BCUT2D eigenvalue weighted by molar-refractivity contribution is 6.33. The fourth-order valence-corrected chi connectivity index (χ4v) is 3.77. The molecule has 0 saturated carbocycles. The molecule has 1 atom stereocenters. The van der Waals surface area contributed by atoms with E-state index in [2.05, 4.69) is 10.1 Å². The van der Waals surface area contributed by atoms with Crippen LogP contribution in [0.4, 0.5) is 13.2 Å². The van der Waals surface area contributed by atoms with Crippen molar-refractivity contribution in [1.29, 1.82) is 5.41 Å². The van der Waals surface area contributed by atoms with Crippen LogP contribution in [-0.4, -0.2) is 27.5 Å². The summed E-state index contributed by atoms with van der Waals surface area (Å²) in [6, 6.07) is 9.45. The van der Waals surface area contributed by atoms with Crippen LogP contribution in [0.5, 0.6) is 5.75 Å². The first-order valence-corrected chi connectivity index (χ1v) is 10.1. The lowest BCUT2D eigenvalue weighted by atomic mass is 10.1. The highest BCUT2D eigenvalue weighted by Gasteiger charge is 2.32. The Hall–Kier alpha value is -2.98. The zero-order valence-corrected chi connectivity index (χ0v) is 18.7. The van der Waals surface area contributed by atoms with Gasteiger partial charge in [0.05, 0.1) is 10.6 Å². The summed E-state index contributed by atoms with van der Waals surface area (Å²) in [5.74, 6) is 1.07. The number of nitrogens with zero attached hydrogens (tertiary/aromatic N) is 3.